The minimum atomic E-state index is -0.343. The van der Waals surface area contributed by atoms with Gasteiger partial charge in [0.05, 0.1) is 8.80 Å². The van der Waals surface area contributed by atoms with E-state index >= 15 is 0 Å². The van der Waals surface area contributed by atoms with E-state index in [0.29, 0.717) is 5.92 Å². The van der Waals surface area contributed by atoms with E-state index in [1.807, 2.05) is 0 Å². The van der Waals surface area contributed by atoms with Crippen LogP contribution in [0.3, 0.4) is 0 Å². The molecule has 0 amide bonds. The normalized spacial score (nSPS) is 11.5. The average molecular weight is 304 g/mol. The molecule has 0 aliphatic carbocycles. The lowest BCUT2D eigenvalue weighted by Gasteiger charge is -2.17. The molecule has 0 spiro atoms. The number of rotatable bonds is 11. The maximum atomic E-state index is 2.51. The summed E-state index contributed by atoms with van der Waals surface area (Å²) < 4.78 is 0. The highest BCUT2D eigenvalue weighted by Gasteiger charge is 2.13. The fourth-order valence-corrected chi connectivity index (χ4v) is 5.34. The first-order chi connectivity index (χ1) is 10.2. The second-order valence-corrected chi connectivity index (χ2v) is 9.35. The van der Waals surface area contributed by atoms with Crippen LogP contribution in [0.1, 0.15) is 83.6 Å². The summed E-state index contributed by atoms with van der Waals surface area (Å²) in [6.07, 6.45) is 11.5. The summed E-state index contributed by atoms with van der Waals surface area (Å²) in [5.74, 6) is 0.666. The average Bonchev–Trinajstić information content (AvgIpc) is 2.49. The Morgan fingerprint density at radius 1 is 0.857 bits per heavy atom. The zero-order valence-corrected chi connectivity index (χ0v) is 15.8. The van der Waals surface area contributed by atoms with Gasteiger partial charge in [0.25, 0.3) is 0 Å². The predicted octanol–water partition coefficient (Wildman–Crippen LogP) is 6.28. The van der Waals surface area contributed by atoms with Crippen molar-refractivity contribution >= 4 is 14.0 Å². The lowest BCUT2D eigenvalue weighted by Crippen LogP contribution is -2.30. The van der Waals surface area contributed by atoms with Crippen LogP contribution in [-0.4, -0.2) is 8.80 Å². The lowest BCUT2D eigenvalue weighted by molar-refractivity contribution is 0.584. The largest absolute Gasteiger partial charge is 0.0827 e. The summed E-state index contributed by atoms with van der Waals surface area (Å²) in [7, 11) is -0.343. The van der Waals surface area contributed by atoms with E-state index in [1.165, 1.54) is 57.4 Å². The summed E-state index contributed by atoms with van der Waals surface area (Å²) in [6, 6.07) is 10.6. The molecule has 0 nitrogen and oxygen atoms in total. The van der Waals surface area contributed by atoms with Crippen LogP contribution >= 0.6 is 0 Å². The minimum absolute atomic E-state index is 0.343. The zero-order valence-electron chi connectivity index (χ0n) is 14.8. The standard InChI is InChI=1S/C20H35Si/c1-5-6-7-8-9-10-11-14-17-21(4)20-16-13-12-15-19(20)18(2)3/h12-13,15-16,18H,5-11,14,17H2,1-4H3. The molecule has 1 rings (SSSR count). The highest BCUT2D eigenvalue weighted by atomic mass is 28.3. The van der Waals surface area contributed by atoms with Gasteiger partial charge >= 0.3 is 0 Å². The van der Waals surface area contributed by atoms with E-state index in [1.54, 1.807) is 10.8 Å². The van der Waals surface area contributed by atoms with Crippen molar-refractivity contribution in [2.75, 3.05) is 0 Å². The minimum Gasteiger partial charge on any atom is -0.0669 e. The molecule has 0 saturated carbocycles. The van der Waals surface area contributed by atoms with Crippen LogP contribution in [0.25, 0.3) is 0 Å². The van der Waals surface area contributed by atoms with Gasteiger partial charge in [-0.15, -0.1) is 0 Å². The molecule has 21 heavy (non-hydrogen) atoms. The van der Waals surface area contributed by atoms with Crippen LogP contribution < -0.4 is 5.19 Å². The van der Waals surface area contributed by atoms with Gasteiger partial charge in [0, 0.05) is 0 Å². The number of hydrogen-bond acceptors (Lipinski definition) is 0. The molecule has 0 aromatic heterocycles. The van der Waals surface area contributed by atoms with Crippen molar-refractivity contribution < 1.29 is 0 Å². The Kier molecular flexibility index (Phi) is 9.74. The van der Waals surface area contributed by atoms with Gasteiger partial charge in [0.2, 0.25) is 0 Å². The van der Waals surface area contributed by atoms with Crippen molar-refractivity contribution in [2.24, 2.45) is 0 Å². The van der Waals surface area contributed by atoms with Crippen molar-refractivity contribution in [3.8, 4) is 0 Å². The Hall–Kier alpha value is -0.563. The summed E-state index contributed by atoms with van der Waals surface area (Å²) >= 11 is 0. The third-order valence-corrected chi connectivity index (χ3v) is 6.93. The Bertz CT molecular complexity index is 370. The van der Waals surface area contributed by atoms with Gasteiger partial charge in [-0.3, -0.25) is 0 Å². The predicted molar refractivity (Wildman–Crippen MR) is 99.2 cm³/mol. The molecule has 0 aliphatic heterocycles. The quantitative estimate of drug-likeness (QED) is 0.333. The van der Waals surface area contributed by atoms with Crippen LogP contribution in [0.4, 0.5) is 0 Å². The van der Waals surface area contributed by atoms with Gasteiger partial charge in [-0.25, -0.2) is 0 Å². The Morgan fingerprint density at radius 3 is 2.05 bits per heavy atom. The molecular weight excluding hydrogens is 268 g/mol. The lowest BCUT2D eigenvalue weighted by atomic mass is 10.0. The van der Waals surface area contributed by atoms with Crippen LogP contribution in [-0.2, 0) is 0 Å². The maximum Gasteiger partial charge on any atom is 0.0827 e. The van der Waals surface area contributed by atoms with Gasteiger partial charge in [-0.05, 0) is 11.5 Å². The third kappa shape index (κ3) is 7.31. The summed E-state index contributed by atoms with van der Waals surface area (Å²) in [5, 5.41) is 1.68. The number of hydrogen-bond donors (Lipinski definition) is 0. The van der Waals surface area contributed by atoms with Crippen molar-refractivity contribution in [1.82, 2.24) is 0 Å². The van der Waals surface area contributed by atoms with E-state index in [9.17, 15) is 0 Å². The first-order valence-electron chi connectivity index (χ1n) is 9.08. The van der Waals surface area contributed by atoms with Gasteiger partial charge in [0.1, 0.15) is 0 Å². The molecule has 0 aliphatic rings. The summed E-state index contributed by atoms with van der Waals surface area (Å²) in [5.41, 5.74) is 1.59. The van der Waals surface area contributed by atoms with Crippen LogP contribution in [0.15, 0.2) is 24.3 Å². The van der Waals surface area contributed by atoms with E-state index in [0.717, 1.165) is 0 Å². The molecule has 0 atom stereocenters. The van der Waals surface area contributed by atoms with E-state index in [2.05, 4.69) is 51.6 Å². The number of benzene rings is 1. The topological polar surface area (TPSA) is 0 Å². The molecule has 0 unspecified atom stereocenters. The Labute approximate surface area is 135 Å². The Morgan fingerprint density at radius 2 is 1.43 bits per heavy atom. The fourth-order valence-electron chi connectivity index (χ4n) is 3.05. The second-order valence-electron chi connectivity index (χ2n) is 6.75. The molecule has 0 bridgehead atoms. The molecule has 0 heterocycles. The number of unbranched alkanes of at least 4 members (excludes halogenated alkanes) is 7. The SMILES string of the molecule is CCCCCCCCCC[Si](C)c1ccccc1C(C)C. The zero-order chi connectivity index (χ0) is 15.5. The van der Waals surface area contributed by atoms with Crippen molar-refractivity contribution in [1.29, 1.82) is 0 Å². The van der Waals surface area contributed by atoms with Crippen LogP contribution in [0.2, 0.25) is 12.6 Å². The monoisotopic (exact) mass is 303 g/mol. The van der Waals surface area contributed by atoms with E-state index < -0.39 is 0 Å². The van der Waals surface area contributed by atoms with Crippen molar-refractivity contribution in [3.63, 3.8) is 0 Å². The van der Waals surface area contributed by atoms with Gasteiger partial charge in [0.15, 0.2) is 0 Å². The molecule has 1 heteroatoms. The molecular formula is C20H35Si. The fraction of sp³-hybridized carbons (Fsp3) is 0.700. The first kappa shape index (κ1) is 18.5. The van der Waals surface area contributed by atoms with E-state index in [4.69, 9.17) is 0 Å². The van der Waals surface area contributed by atoms with E-state index in [-0.39, 0.29) is 8.80 Å². The summed E-state index contributed by atoms with van der Waals surface area (Å²) in [4.78, 5) is 0. The highest BCUT2D eigenvalue weighted by molar-refractivity contribution is 6.72. The second kappa shape index (κ2) is 11.1. The van der Waals surface area contributed by atoms with Crippen LogP contribution in [0, 0.1) is 0 Å². The third-order valence-electron chi connectivity index (χ3n) is 4.45. The highest BCUT2D eigenvalue weighted by Crippen LogP contribution is 2.15. The van der Waals surface area contributed by atoms with Gasteiger partial charge in [-0.1, -0.05) is 114 Å². The van der Waals surface area contributed by atoms with Crippen molar-refractivity contribution in [2.45, 2.75) is 90.6 Å². The molecule has 0 saturated heterocycles. The summed E-state index contributed by atoms with van der Waals surface area (Å²) in [6.45, 7) is 9.45. The maximum absolute atomic E-state index is 2.51. The smallest absolute Gasteiger partial charge is 0.0669 e. The van der Waals surface area contributed by atoms with Crippen molar-refractivity contribution in [3.05, 3.63) is 29.8 Å². The molecule has 0 N–H and O–H groups in total. The first-order valence-corrected chi connectivity index (χ1v) is 11.3. The molecule has 1 radical (unpaired) electrons. The van der Waals surface area contributed by atoms with Gasteiger partial charge in [-0.2, -0.15) is 0 Å². The molecule has 0 fully saturated rings. The molecule has 1 aromatic rings. The Balaban J connectivity index is 2.23. The molecule has 119 valence electrons. The van der Waals surface area contributed by atoms with Crippen LogP contribution in [0.5, 0.6) is 0 Å². The molecule has 1 aromatic carbocycles. The van der Waals surface area contributed by atoms with Gasteiger partial charge < -0.3 is 0 Å².